The Labute approximate surface area is 146 Å². The molecule has 3 rings (SSSR count). The van der Waals surface area contributed by atoms with Crippen LogP contribution in [0.25, 0.3) is 10.8 Å². The van der Waals surface area contributed by atoms with Crippen LogP contribution in [0.15, 0.2) is 70.9 Å². The normalized spacial score (nSPS) is 11.1. The molecule has 126 valence electrons. The van der Waals surface area contributed by atoms with E-state index in [4.69, 9.17) is 5.11 Å². The van der Waals surface area contributed by atoms with Gasteiger partial charge < -0.3 is 10.0 Å². The second-order valence-corrected chi connectivity index (χ2v) is 5.97. The van der Waals surface area contributed by atoms with Gasteiger partial charge in [-0.25, -0.2) is 0 Å². The lowest BCUT2D eigenvalue weighted by atomic mass is 10.0. The molecule has 0 spiro atoms. The first-order valence-corrected chi connectivity index (χ1v) is 7.96. The first-order chi connectivity index (χ1) is 12.0. The molecule has 0 aliphatic heterocycles. The number of carbonyl (C=O) groups is 1. The molecule has 0 fully saturated rings. The monoisotopic (exact) mass is 333 g/mol. The number of hydrogen-bond acceptors (Lipinski definition) is 4. The molecule has 0 bridgehead atoms. The molecule has 5 heteroatoms. The lowest BCUT2D eigenvalue weighted by Gasteiger charge is -2.11. The third-order valence-corrected chi connectivity index (χ3v) is 3.97. The minimum Gasteiger partial charge on any atom is -0.481 e. The van der Waals surface area contributed by atoms with Crippen molar-refractivity contribution in [2.75, 3.05) is 19.0 Å². The molecule has 5 nitrogen and oxygen atoms in total. The predicted octanol–water partition coefficient (Wildman–Crippen LogP) is 4.95. The molecule has 0 saturated carbocycles. The van der Waals surface area contributed by atoms with E-state index in [-0.39, 0.29) is 6.42 Å². The maximum absolute atomic E-state index is 11.0. The number of carboxylic acid groups (broad SMARTS) is 1. The van der Waals surface area contributed by atoms with Crippen LogP contribution in [0.4, 0.5) is 17.1 Å². The Morgan fingerprint density at radius 1 is 0.920 bits per heavy atom. The molecule has 1 N–H and O–H groups in total. The molecular formula is C20H19N3O2. The average molecular weight is 333 g/mol. The summed E-state index contributed by atoms with van der Waals surface area (Å²) < 4.78 is 0. The van der Waals surface area contributed by atoms with E-state index in [1.165, 1.54) is 0 Å². The smallest absolute Gasteiger partial charge is 0.307 e. The Balaban J connectivity index is 1.94. The summed E-state index contributed by atoms with van der Waals surface area (Å²) in [6, 6.07) is 19.1. The van der Waals surface area contributed by atoms with Crippen molar-refractivity contribution in [3.8, 4) is 0 Å². The molecule has 0 aromatic heterocycles. The van der Waals surface area contributed by atoms with E-state index in [9.17, 15) is 4.79 Å². The van der Waals surface area contributed by atoms with Crippen molar-refractivity contribution in [2.45, 2.75) is 6.42 Å². The molecule has 25 heavy (non-hydrogen) atoms. The van der Waals surface area contributed by atoms with E-state index in [2.05, 4.69) is 10.2 Å². The quantitative estimate of drug-likeness (QED) is 0.672. The van der Waals surface area contributed by atoms with Gasteiger partial charge >= 0.3 is 5.97 Å². The van der Waals surface area contributed by atoms with Gasteiger partial charge in [0.25, 0.3) is 0 Å². The molecule has 3 aromatic carbocycles. The second-order valence-electron chi connectivity index (χ2n) is 5.97. The average Bonchev–Trinajstić information content (AvgIpc) is 2.60. The van der Waals surface area contributed by atoms with Gasteiger partial charge in [0.1, 0.15) is 0 Å². The van der Waals surface area contributed by atoms with Crippen LogP contribution in [0.1, 0.15) is 5.56 Å². The second kappa shape index (κ2) is 7.13. The molecule has 0 radical (unpaired) electrons. The van der Waals surface area contributed by atoms with Crippen molar-refractivity contribution in [2.24, 2.45) is 10.2 Å². The fourth-order valence-electron chi connectivity index (χ4n) is 2.69. The highest BCUT2D eigenvalue weighted by atomic mass is 16.4. The number of rotatable bonds is 5. The summed E-state index contributed by atoms with van der Waals surface area (Å²) in [6.07, 6.45) is -0.00999. The highest BCUT2D eigenvalue weighted by molar-refractivity contribution is 5.96. The van der Waals surface area contributed by atoms with E-state index in [0.29, 0.717) is 0 Å². The topological polar surface area (TPSA) is 65.3 Å². The molecule has 0 heterocycles. The first kappa shape index (κ1) is 16.6. The van der Waals surface area contributed by atoms with Crippen LogP contribution in [0.2, 0.25) is 0 Å². The Hall–Kier alpha value is -3.21. The van der Waals surface area contributed by atoms with Gasteiger partial charge in [-0.1, -0.05) is 30.3 Å². The van der Waals surface area contributed by atoms with E-state index in [1.54, 1.807) is 0 Å². The Kier molecular flexibility index (Phi) is 4.75. The fraction of sp³-hybridized carbons (Fsp3) is 0.150. The van der Waals surface area contributed by atoms with E-state index >= 15 is 0 Å². The first-order valence-electron chi connectivity index (χ1n) is 7.96. The molecular weight excluding hydrogens is 314 g/mol. The third-order valence-electron chi connectivity index (χ3n) is 3.97. The zero-order valence-electron chi connectivity index (χ0n) is 14.2. The summed E-state index contributed by atoms with van der Waals surface area (Å²) in [5.41, 5.74) is 3.37. The molecule has 0 aliphatic carbocycles. The summed E-state index contributed by atoms with van der Waals surface area (Å²) in [5, 5.41) is 19.5. The lowest BCUT2D eigenvalue weighted by Crippen LogP contribution is -2.07. The van der Waals surface area contributed by atoms with Gasteiger partial charge in [0.2, 0.25) is 0 Å². The zero-order valence-corrected chi connectivity index (χ0v) is 14.2. The van der Waals surface area contributed by atoms with Crippen LogP contribution in [-0.4, -0.2) is 25.2 Å². The molecule has 0 saturated heterocycles. The van der Waals surface area contributed by atoms with Gasteiger partial charge in [-0.3, -0.25) is 4.79 Å². The molecule has 0 unspecified atom stereocenters. The number of hydrogen-bond donors (Lipinski definition) is 1. The lowest BCUT2D eigenvalue weighted by molar-refractivity contribution is -0.136. The van der Waals surface area contributed by atoms with Crippen molar-refractivity contribution in [3.05, 3.63) is 66.2 Å². The van der Waals surface area contributed by atoms with Crippen molar-refractivity contribution in [1.29, 1.82) is 0 Å². The highest BCUT2D eigenvalue weighted by Gasteiger charge is 2.07. The number of fused-ring (bicyclic) bond motifs is 1. The number of carboxylic acids is 1. The van der Waals surface area contributed by atoms with Gasteiger partial charge in [-0.15, -0.1) is 5.11 Å². The van der Waals surface area contributed by atoms with E-state index in [0.717, 1.165) is 33.4 Å². The minimum absolute atomic E-state index is 0.00999. The van der Waals surface area contributed by atoms with Gasteiger partial charge in [-0.2, -0.15) is 5.11 Å². The van der Waals surface area contributed by atoms with Crippen LogP contribution in [0.3, 0.4) is 0 Å². The van der Waals surface area contributed by atoms with E-state index < -0.39 is 5.97 Å². The number of aliphatic carboxylic acids is 1. The molecule has 0 amide bonds. The van der Waals surface area contributed by atoms with Gasteiger partial charge in [-0.05, 0) is 41.3 Å². The van der Waals surface area contributed by atoms with Crippen molar-refractivity contribution in [1.82, 2.24) is 0 Å². The molecule has 3 aromatic rings. The van der Waals surface area contributed by atoms with Gasteiger partial charge in [0, 0.05) is 25.2 Å². The maximum Gasteiger partial charge on any atom is 0.307 e. The van der Waals surface area contributed by atoms with Gasteiger partial charge in [0.05, 0.1) is 17.8 Å². The van der Waals surface area contributed by atoms with Crippen LogP contribution in [0, 0.1) is 0 Å². The Morgan fingerprint density at radius 2 is 1.60 bits per heavy atom. The largest absolute Gasteiger partial charge is 0.481 e. The van der Waals surface area contributed by atoms with Crippen molar-refractivity contribution >= 4 is 33.8 Å². The summed E-state index contributed by atoms with van der Waals surface area (Å²) in [4.78, 5) is 13.1. The van der Waals surface area contributed by atoms with Crippen LogP contribution < -0.4 is 4.90 Å². The zero-order chi connectivity index (χ0) is 17.8. The third kappa shape index (κ3) is 3.83. The van der Waals surface area contributed by atoms with Crippen LogP contribution in [-0.2, 0) is 11.2 Å². The standard InChI is InChI=1S/C20H19N3O2/c1-23(2)16-11-9-15(10-12-16)21-22-19-8-4-6-17-14(13-20(24)25)5-3-7-18(17)19/h3-12H,13H2,1-2H3,(H,24,25). The fourth-order valence-corrected chi connectivity index (χ4v) is 2.69. The number of nitrogens with zero attached hydrogens (tertiary/aromatic N) is 3. The summed E-state index contributed by atoms with van der Waals surface area (Å²) in [7, 11) is 3.97. The van der Waals surface area contributed by atoms with E-state index in [1.807, 2.05) is 79.7 Å². The predicted molar refractivity (Wildman–Crippen MR) is 100 cm³/mol. The number of anilines is 1. The van der Waals surface area contributed by atoms with Crippen molar-refractivity contribution < 1.29 is 9.90 Å². The Bertz CT molecular complexity index is 931. The Morgan fingerprint density at radius 3 is 2.28 bits per heavy atom. The van der Waals surface area contributed by atoms with Gasteiger partial charge in [0.15, 0.2) is 0 Å². The SMILES string of the molecule is CN(C)c1ccc(N=Nc2cccc3c(CC(=O)O)cccc23)cc1. The highest BCUT2D eigenvalue weighted by Crippen LogP contribution is 2.30. The maximum atomic E-state index is 11.0. The summed E-state index contributed by atoms with van der Waals surface area (Å²) in [6.45, 7) is 0. The van der Waals surface area contributed by atoms with Crippen LogP contribution in [0.5, 0.6) is 0 Å². The molecule has 0 atom stereocenters. The molecule has 0 aliphatic rings. The van der Waals surface area contributed by atoms with Crippen molar-refractivity contribution in [3.63, 3.8) is 0 Å². The number of azo groups is 1. The van der Waals surface area contributed by atoms with Crippen LogP contribution >= 0.6 is 0 Å². The summed E-state index contributed by atoms with van der Waals surface area (Å²) in [5.74, 6) is -0.847. The number of benzene rings is 3. The minimum atomic E-state index is -0.847. The summed E-state index contributed by atoms with van der Waals surface area (Å²) >= 11 is 0.